The summed E-state index contributed by atoms with van der Waals surface area (Å²) in [5.41, 5.74) is 2.31. The summed E-state index contributed by atoms with van der Waals surface area (Å²) >= 11 is 3.39. The second-order valence-electron chi connectivity index (χ2n) is 4.24. The van der Waals surface area contributed by atoms with Crippen LogP contribution in [0.2, 0.25) is 0 Å². The zero-order chi connectivity index (χ0) is 13.4. The normalized spacial score (nSPS) is 10.8. The summed E-state index contributed by atoms with van der Waals surface area (Å²) in [4.78, 5) is 23.6. The molecule has 0 aliphatic rings. The van der Waals surface area contributed by atoms with E-state index in [0.29, 0.717) is 16.7 Å². The number of nitrogens with zero attached hydrogens (tertiary/aromatic N) is 2. The van der Waals surface area contributed by atoms with Gasteiger partial charge in [-0.3, -0.25) is 9.78 Å². The van der Waals surface area contributed by atoms with Gasteiger partial charge in [-0.2, -0.15) is 0 Å². The number of rotatable bonds is 1. The minimum Gasteiger partial charge on any atom is -0.306 e. The SMILES string of the molecule is Cc1ccc(Br)c2c(=O)[nH]c(-c3cccnc3)nc12. The van der Waals surface area contributed by atoms with Crippen molar-refractivity contribution in [2.45, 2.75) is 6.92 Å². The molecule has 0 spiro atoms. The van der Waals surface area contributed by atoms with Crippen molar-refractivity contribution in [3.63, 3.8) is 0 Å². The minimum absolute atomic E-state index is 0.153. The van der Waals surface area contributed by atoms with Gasteiger partial charge in [-0.25, -0.2) is 4.98 Å². The van der Waals surface area contributed by atoms with Gasteiger partial charge in [0.15, 0.2) is 0 Å². The lowest BCUT2D eigenvalue weighted by atomic mass is 10.1. The van der Waals surface area contributed by atoms with Crippen molar-refractivity contribution in [2.75, 3.05) is 0 Å². The Labute approximate surface area is 117 Å². The van der Waals surface area contributed by atoms with Gasteiger partial charge in [0, 0.05) is 22.4 Å². The molecule has 2 heterocycles. The van der Waals surface area contributed by atoms with E-state index in [-0.39, 0.29) is 5.56 Å². The quantitative estimate of drug-likeness (QED) is 0.750. The van der Waals surface area contributed by atoms with Crippen LogP contribution in [0.15, 0.2) is 45.9 Å². The molecule has 0 atom stereocenters. The second-order valence-corrected chi connectivity index (χ2v) is 5.10. The molecule has 3 rings (SSSR count). The van der Waals surface area contributed by atoms with Gasteiger partial charge in [0.05, 0.1) is 10.9 Å². The lowest BCUT2D eigenvalue weighted by molar-refractivity contribution is 1.16. The van der Waals surface area contributed by atoms with Crippen molar-refractivity contribution in [1.29, 1.82) is 0 Å². The van der Waals surface area contributed by atoms with Gasteiger partial charge >= 0.3 is 0 Å². The van der Waals surface area contributed by atoms with E-state index in [0.717, 1.165) is 15.6 Å². The van der Waals surface area contributed by atoms with Gasteiger partial charge in [0.2, 0.25) is 0 Å². The number of hydrogen-bond acceptors (Lipinski definition) is 3. The number of benzene rings is 1. The zero-order valence-electron chi connectivity index (χ0n) is 10.1. The van der Waals surface area contributed by atoms with Gasteiger partial charge in [0.25, 0.3) is 5.56 Å². The highest BCUT2D eigenvalue weighted by Gasteiger charge is 2.10. The van der Waals surface area contributed by atoms with Crippen molar-refractivity contribution in [2.24, 2.45) is 0 Å². The lowest BCUT2D eigenvalue weighted by Gasteiger charge is -2.06. The Balaban J connectivity index is 2.38. The molecule has 0 radical (unpaired) electrons. The van der Waals surface area contributed by atoms with Crippen molar-refractivity contribution in [1.82, 2.24) is 15.0 Å². The van der Waals surface area contributed by atoms with E-state index in [9.17, 15) is 4.79 Å². The smallest absolute Gasteiger partial charge is 0.260 e. The van der Waals surface area contributed by atoms with Crippen molar-refractivity contribution in [3.05, 3.63) is 57.0 Å². The molecule has 0 saturated heterocycles. The lowest BCUT2D eigenvalue weighted by Crippen LogP contribution is -2.11. The van der Waals surface area contributed by atoms with Gasteiger partial charge in [-0.15, -0.1) is 0 Å². The summed E-state index contributed by atoms with van der Waals surface area (Å²) in [6, 6.07) is 7.47. The van der Waals surface area contributed by atoms with E-state index >= 15 is 0 Å². The molecule has 4 nitrogen and oxygen atoms in total. The average molecular weight is 316 g/mol. The van der Waals surface area contributed by atoms with E-state index in [1.54, 1.807) is 12.4 Å². The maximum atomic E-state index is 12.2. The topological polar surface area (TPSA) is 58.6 Å². The van der Waals surface area contributed by atoms with Gasteiger partial charge in [0.1, 0.15) is 5.82 Å². The summed E-state index contributed by atoms with van der Waals surface area (Å²) in [5.74, 6) is 0.534. The van der Waals surface area contributed by atoms with Crippen LogP contribution in [-0.2, 0) is 0 Å². The molecule has 2 aromatic heterocycles. The fourth-order valence-electron chi connectivity index (χ4n) is 1.98. The summed E-state index contributed by atoms with van der Waals surface area (Å²) in [6.45, 7) is 1.94. The molecule has 0 saturated carbocycles. The molecule has 0 fully saturated rings. The van der Waals surface area contributed by atoms with E-state index in [2.05, 4.69) is 30.9 Å². The van der Waals surface area contributed by atoms with Crippen LogP contribution in [-0.4, -0.2) is 15.0 Å². The molecular weight excluding hydrogens is 306 g/mol. The molecule has 19 heavy (non-hydrogen) atoms. The van der Waals surface area contributed by atoms with E-state index < -0.39 is 0 Å². The predicted octanol–water partition coefficient (Wildman–Crippen LogP) is 3.06. The molecule has 0 unspecified atom stereocenters. The fourth-order valence-corrected chi connectivity index (χ4v) is 2.48. The monoisotopic (exact) mass is 315 g/mol. The first-order chi connectivity index (χ1) is 9.16. The second kappa shape index (κ2) is 4.59. The summed E-state index contributed by atoms with van der Waals surface area (Å²) < 4.78 is 0.750. The number of aromatic amines is 1. The van der Waals surface area contributed by atoms with Crippen molar-refractivity contribution < 1.29 is 0 Å². The maximum Gasteiger partial charge on any atom is 0.260 e. The van der Waals surface area contributed by atoms with E-state index in [4.69, 9.17) is 0 Å². The molecule has 0 aliphatic carbocycles. The summed E-state index contributed by atoms with van der Waals surface area (Å²) in [6.07, 6.45) is 3.36. The highest BCUT2D eigenvalue weighted by atomic mass is 79.9. The highest BCUT2D eigenvalue weighted by molar-refractivity contribution is 9.10. The third kappa shape index (κ3) is 2.06. The number of aryl methyl sites for hydroxylation is 1. The number of pyridine rings is 1. The predicted molar refractivity (Wildman–Crippen MR) is 78.0 cm³/mol. The highest BCUT2D eigenvalue weighted by Crippen LogP contribution is 2.23. The Kier molecular flexibility index (Phi) is 2.91. The van der Waals surface area contributed by atoms with Crippen LogP contribution in [0.25, 0.3) is 22.3 Å². The fraction of sp³-hybridized carbons (Fsp3) is 0.0714. The summed E-state index contributed by atoms with van der Waals surface area (Å²) in [5, 5.41) is 0.577. The van der Waals surface area contributed by atoms with Gasteiger partial charge in [-0.05, 0) is 46.6 Å². The van der Waals surface area contributed by atoms with Crippen LogP contribution in [0.5, 0.6) is 0 Å². The Hall–Kier alpha value is -2.01. The van der Waals surface area contributed by atoms with Crippen LogP contribution in [0.3, 0.4) is 0 Å². The number of H-pyrrole nitrogens is 1. The number of fused-ring (bicyclic) bond motifs is 1. The molecule has 1 aromatic carbocycles. The molecule has 5 heteroatoms. The molecule has 0 bridgehead atoms. The van der Waals surface area contributed by atoms with Crippen LogP contribution in [0.4, 0.5) is 0 Å². The Morgan fingerprint density at radius 2 is 2.11 bits per heavy atom. The first-order valence-electron chi connectivity index (χ1n) is 5.76. The Morgan fingerprint density at radius 1 is 1.26 bits per heavy atom. The average Bonchev–Trinajstić information content (AvgIpc) is 2.43. The van der Waals surface area contributed by atoms with Crippen LogP contribution in [0.1, 0.15) is 5.56 Å². The third-order valence-corrected chi connectivity index (χ3v) is 3.61. The maximum absolute atomic E-state index is 12.2. The van der Waals surface area contributed by atoms with E-state index in [1.165, 1.54) is 0 Å². The number of aromatic nitrogens is 3. The molecular formula is C14H10BrN3O. The van der Waals surface area contributed by atoms with Gasteiger partial charge in [-0.1, -0.05) is 6.07 Å². The number of nitrogens with one attached hydrogen (secondary N) is 1. The molecule has 0 amide bonds. The van der Waals surface area contributed by atoms with Crippen LogP contribution >= 0.6 is 15.9 Å². The Morgan fingerprint density at radius 3 is 2.84 bits per heavy atom. The van der Waals surface area contributed by atoms with Crippen molar-refractivity contribution >= 4 is 26.8 Å². The molecule has 94 valence electrons. The molecule has 3 aromatic rings. The van der Waals surface area contributed by atoms with Crippen LogP contribution in [0, 0.1) is 6.92 Å². The van der Waals surface area contributed by atoms with Crippen molar-refractivity contribution in [3.8, 4) is 11.4 Å². The summed E-state index contributed by atoms with van der Waals surface area (Å²) in [7, 11) is 0. The number of halogens is 1. The molecule has 1 N–H and O–H groups in total. The largest absolute Gasteiger partial charge is 0.306 e. The first kappa shape index (κ1) is 12.0. The van der Waals surface area contributed by atoms with Gasteiger partial charge < -0.3 is 4.98 Å². The number of hydrogen-bond donors (Lipinski definition) is 1. The third-order valence-electron chi connectivity index (χ3n) is 2.95. The molecule has 0 aliphatic heterocycles. The minimum atomic E-state index is -0.153. The van der Waals surface area contributed by atoms with E-state index in [1.807, 2.05) is 31.2 Å². The van der Waals surface area contributed by atoms with Crippen LogP contribution < -0.4 is 5.56 Å². The first-order valence-corrected chi connectivity index (χ1v) is 6.55. The Bertz CT molecular complexity index is 812. The zero-order valence-corrected chi connectivity index (χ0v) is 11.7. The standard InChI is InChI=1S/C14H10BrN3O/c1-8-4-5-10(15)11-12(8)17-13(18-14(11)19)9-3-2-6-16-7-9/h2-7H,1H3,(H,17,18,19).